The molecule has 1 aromatic carbocycles. The summed E-state index contributed by atoms with van der Waals surface area (Å²) in [6.45, 7) is 7.27. The van der Waals surface area contributed by atoms with Crippen molar-refractivity contribution in [1.29, 1.82) is 0 Å². The lowest BCUT2D eigenvalue weighted by molar-refractivity contribution is 0.205. The van der Waals surface area contributed by atoms with Crippen LogP contribution in [0.4, 0.5) is 0 Å². The Kier molecular flexibility index (Phi) is 4.73. The number of hydrogen-bond acceptors (Lipinski definition) is 3. The molecule has 24 heavy (non-hydrogen) atoms. The summed E-state index contributed by atoms with van der Waals surface area (Å²) in [5, 5.41) is 0.991. The lowest BCUT2D eigenvalue weighted by atomic mass is 9.94. The molecule has 3 atom stereocenters. The Morgan fingerprint density at radius 1 is 1.21 bits per heavy atom. The van der Waals surface area contributed by atoms with Gasteiger partial charge in [0.05, 0.1) is 6.04 Å². The highest BCUT2D eigenvalue weighted by Gasteiger charge is 2.36. The van der Waals surface area contributed by atoms with Gasteiger partial charge in [0.2, 0.25) is 0 Å². The number of benzene rings is 1. The normalized spacial score (nSPS) is 24.5. The molecule has 132 valence electrons. The van der Waals surface area contributed by atoms with Crippen LogP contribution < -0.4 is 0 Å². The maximum Gasteiger partial charge on any atom is 0.282 e. The predicted molar refractivity (Wildman–Crippen MR) is 95.8 cm³/mol. The average Bonchev–Trinajstić information content (AvgIpc) is 2.96. The van der Waals surface area contributed by atoms with Crippen molar-refractivity contribution in [2.75, 3.05) is 20.1 Å². The fourth-order valence-electron chi connectivity index (χ4n) is 3.56. The molecule has 0 bridgehead atoms. The van der Waals surface area contributed by atoms with Crippen LogP contribution in [-0.2, 0) is 10.2 Å². The van der Waals surface area contributed by atoms with Crippen LogP contribution in [0.5, 0.6) is 0 Å². The molecule has 3 unspecified atom stereocenters. The zero-order valence-corrected chi connectivity index (χ0v) is 15.6. The fourth-order valence-corrected chi connectivity index (χ4v) is 5.32. The van der Waals surface area contributed by atoms with Crippen molar-refractivity contribution >= 4 is 21.2 Å². The molecule has 5 nitrogen and oxygen atoms in total. The second-order valence-corrected chi connectivity index (χ2v) is 9.14. The molecule has 2 aromatic rings. The van der Waals surface area contributed by atoms with E-state index in [9.17, 15) is 8.42 Å². The van der Waals surface area contributed by atoms with Gasteiger partial charge in [-0.05, 0) is 37.3 Å². The zero-order valence-electron chi connectivity index (χ0n) is 14.8. The van der Waals surface area contributed by atoms with E-state index in [1.807, 2.05) is 37.3 Å². The quantitative estimate of drug-likeness (QED) is 0.846. The molecular formula is C18H26N2O3S. The van der Waals surface area contributed by atoms with Crippen LogP contribution in [0.2, 0.25) is 0 Å². The largest absolute Gasteiger partial charge is 0.459 e. The topological polar surface area (TPSA) is 53.8 Å². The summed E-state index contributed by atoms with van der Waals surface area (Å²) >= 11 is 0. The van der Waals surface area contributed by atoms with Gasteiger partial charge in [-0.1, -0.05) is 32.0 Å². The molecule has 2 heterocycles. The Morgan fingerprint density at radius 3 is 2.46 bits per heavy atom. The molecule has 1 aliphatic rings. The monoisotopic (exact) mass is 350 g/mol. The Hall–Kier alpha value is -1.37. The summed E-state index contributed by atoms with van der Waals surface area (Å²) in [7, 11) is -1.87. The molecule has 1 aliphatic heterocycles. The first-order valence-corrected chi connectivity index (χ1v) is 9.90. The molecule has 0 radical (unpaired) electrons. The third-order valence-corrected chi connectivity index (χ3v) is 6.92. The van der Waals surface area contributed by atoms with Crippen LogP contribution in [0.1, 0.15) is 39.0 Å². The first-order valence-electron chi connectivity index (χ1n) is 8.50. The van der Waals surface area contributed by atoms with Gasteiger partial charge in [0, 0.05) is 25.5 Å². The Labute approximate surface area is 144 Å². The van der Waals surface area contributed by atoms with Gasteiger partial charge in [0.25, 0.3) is 10.2 Å². The lowest BCUT2D eigenvalue weighted by Gasteiger charge is -2.37. The molecule has 3 rings (SSSR count). The summed E-state index contributed by atoms with van der Waals surface area (Å²) in [5.74, 6) is 1.44. The van der Waals surface area contributed by atoms with Crippen molar-refractivity contribution < 1.29 is 12.8 Å². The lowest BCUT2D eigenvalue weighted by Crippen LogP contribution is -2.48. The molecule has 0 saturated carbocycles. The minimum Gasteiger partial charge on any atom is -0.459 e. The van der Waals surface area contributed by atoms with E-state index >= 15 is 0 Å². The standard InChI is InChI=1S/C18H26N2O3S/c1-13-9-14(2)12-20(11-13)24(21,22)19(4)15(3)18-10-16-7-5-6-8-17(16)23-18/h5-8,10,13-15H,9,11-12H2,1-4H3. The van der Waals surface area contributed by atoms with E-state index in [0.717, 1.165) is 17.4 Å². The molecule has 0 amide bonds. The average molecular weight is 350 g/mol. The highest BCUT2D eigenvalue weighted by Crippen LogP contribution is 2.31. The van der Waals surface area contributed by atoms with Gasteiger partial charge in [-0.2, -0.15) is 17.0 Å². The van der Waals surface area contributed by atoms with E-state index < -0.39 is 10.2 Å². The summed E-state index contributed by atoms with van der Waals surface area (Å²) in [6.07, 6.45) is 1.08. The maximum absolute atomic E-state index is 13.0. The van der Waals surface area contributed by atoms with Gasteiger partial charge < -0.3 is 4.42 Å². The van der Waals surface area contributed by atoms with Crippen molar-refractivity contribution in [2.45, 2.75) is 33.2 Å². The van der Waals surface area contributed by atoms with Crippen LogP contribution in [0, 0.1) is 11.8 Å². The van der Waals surface area contributed by atoms with Crippen LogP contribution in [0.15, 0.2) is 34.7 Å². The first kappa shape index (κ1) is 17.5. The van der Waals surface area contributed by atoms with E-state index in [1.54, 1.807) is 11.4 Å². The summed E-state index contributed by atoms with van der Waals surface area (Å²) in [5.41, 5.74) is 0.783. The van der Waals surface area contributed by atoms with Gasteiger partial charge in [-0.25, -0.2) is 0 Å². The van der Waals surface area contributed by atoms with Gasteiger partial charge in [0.15, 0.2) is 0 Å². The number of furan rings is 1. The highest BCUT2D eigenvalue weighted by atomic mass is 32.2. The summed E-state index contributed by atoms with van der Waals surface area (Å²) in [6, 6.07) is 9.30. The number of para-hydroxylation sites is 1. The number of fused-ring (bicyclic) bond motifs is 1. The van der Waals surface area contributed by atoms with E-state index in [4.69, 9.17) is 4.42 Å². The number of piperidine rings is 1. The van der Waals surface area contributed by atoms with E-state index in [1.165, 1.54) is 4.31 Å². The van der Waals surface area contributed by atoms with Crippen molar-refractivity contribution in [2.24, 2.45) is 11.8 Å². The maximum atomic E-state index is 13.0. The number of nitrogens with zero attached hydrogens (tertiary/aromatic N) is 2. The van der Waals surface area contributed by atoms with E-state index in [0.29, 0.717) is 30.7 Å². The smallest absolute Gasteiger partial charge is 0.282 e. The SMILES string of the molecule is CC1CC(C)CN(S(=O)(=O)N(C)C(C)c2cc3ccccc3o2)C1. The Bertz CT molecular complexity index is 772. The number of hydrogen-bond donors (Lipinski definition) is 0. The molecule has 1 fully saturated rings. The third kappa shape index (κ3) is 3.23. The second kappa shape index (κ2) is 6.50. The van der Waals surface area contributed by atoms with Crippen molar-refractivity contribution in [3.8, 4) is 0 Å². The Balaban J connectivity index is 1.84. The predicted octanol–water partition coefficient (Wildman–Crippen LogP) is 3.65. The summed E-state index contributed by atoms with van der Waals surface area (Å²) in [4.78, 5) is 0. The van der Waals surface area contributed by atoms with Crippen molar-refractivity contribution in [3.63, 3.8) is 0 Å². The van der Waals surface area contributed by atoms with Crippen LogP contribution in [0.25, 0.3) is 11.0 Å². The minimum atomic E-state index is -3.51. The first-order chi connectivity index (χ1) is 11.3. The van der Waals surface area contributed by atoms with Crippen LogP contribution in [-0.4, -0.2) is 37.2 Å². The van der Waals surface area contributed by atoms with Crippen LogP contribution >= 0.6 is 0 Å². The molecular weight excluding hydrogens is 324 g/mol. The zero-order chi connectivity index (χ0) is 17.5. The number of rotatable bonds is 4. The van der Waals surface area contributed by atoms with Gasteiger partial charge in [-0.3, -0.25) is 0 Å². The Morgan fingerprint density at radius 2 is 1.83 bits per heavy atom. The minimum absolute atomic E-state index is 0.352. The van der Waals surface area contributed by atoms with E-state index in [-0.39, 0.29) is 6.04 Å². The summed E-state index contributed by atoms with van der Waals surface area (Å²) < 4.78 is 34.9. The van der Waals surface area contributed by atoms with Gasteiger partial charge >= 0.3 is 0 Å². The highest BCUT2D eigenvalue weighted by molar-refractivity contribution is 7.86. The molecule has 1 aromatic heterocycles. The molecule has 1 saturated heterocycles. The molecule has 0 aliphatic carbocycles. The fraction of sp³-hybridized carbons (Fsp3) is 0.556. The molecule has 0 N–H and O–H groups in total. The second-order valence-electron chi connectivity index (χ2n) is 7.15. The van der Waals surface area contributed by atoms with Gasteiger partial charge in [0.1, 0.15) is 11.3 Å². The van der Waals surface area contributed by atoms with Crippen LogP contribution in [0.3, 0.4) is 0 Å². The third-order valence-electron chi connectivity index (χ3n) is 4.93. The molecule has 6 heteroatoms. The van der Waals surface area contributed by atoms with Gasteiger partial charge in [-0.15, -0.1) is 0 Å². The van der Waals surface area contributed by atoms with E-state index in [2.05, 4.69) is 13.8 Å². The van der Waals surface area contributed by atoms with Crippen molar-refractivity contribution in [1.82, 2.24) is 8.61 Å². The molecule has 0 spiro atoms. The van der Waals surface area contributed by atoms with Crippen molar-refractivity contribution in [3.05, 3.63) is 36.1 Å².